The number of H-pyrrole nitrogens is 1. The van der Waals surface area contributed by atoms with Gasteiger partial charge < -0.3 is 19.4 Å². The van der Waals surface area contributed by atoms with Crippen LogP contribution in [-0.4, -0.2) is 61.5 Å². The topological polar surface area (TPSA) is 88.7 Å². The van der Waals surface area contributed by atoms with Crippen LogP contribution in [0, 0.1) is 13.8 Å². The van der Waals surface area contributed by atoms with Gasteiger partial charge in [-0.15, -0.1) is 6.58 Å². The van der Waals surface area contributed by atoms with E-state index in [4.69, 9.17) is 4.74 Å². The fourth-order valence-corrected chi connectivity index (χ4v) is 2.35. The molecular weight excluding hydrogens is 300 g/mol. The van der Waals surface area contributed by atoms with Crippen molar-refractivity contribution in [2.75, 3.05) is 33.9 Å². The van der Waals surface area contributed by atoms with Gasteiger partial charge in [0, 0.05) is 24.9 Å². The lowest BCUT2D eigenvalue weighted by Gasteiger charge is -2.20. The third-order valence-corrected chi connectivity index (χ3v) is 3.41. The van der Waals surface area contributed by atoms with Crippen molar-refractivity contribution in [3.05, 3.63) is 35.2 Å². The maximum Gasteiger partial charge on any atom is 0.354 e. The molecule has 0 unspecified atom stereocenters. The summed E-state index contributed by atoms with van der Waals surface area (Å²) in [6.07, 6.45) is 1.54. The first-order valence-corrected chi connectivity index (χ1v) is 7.05. The molecule has 1 aromatic heterocycles. The number of methoxy groups -OCH3 is 2. The quantitative estimate of drug-likeness (QED) is 0.442. The van der Waals surface area contributed by atoms with Gasteiger partial charge in [-0.1, -0.05) is 6.08 Å². The monoisotopic (exact) mass is 322 g/mol. The minimum Gasteiger partial charge on any atom is -0.464 e. The van der Waals surface area contributed by atoms with E-state index in [1.54, 1.807) is 13.8 Å². The molecule has 1 N–H and O–H groups in total. The van der Waals surface area contributed by atoms with Crippen LogP contribution in [0.3, 0.4) is 0 Å². The summed E-state index contributed by atoms with van der Waals surface area (Å²) in [5.41, 5.74) is 1.71. The molecular formula is C16H22N2O5. The Morgan fingerprint density at radius 3 is 2.43 bits per heavy atom. The Morgan fingerprint density at radius 1 is 1.26 bits per heavy atom. The summed E-state index contributed by atoms with van der Waals surface area (Å²) in [6, 6.07) is 0. The molecule has 1 rings (SSSR count). The van der Waals surface area contributed by atoms with Crippen molar-refractivity contribution < 1.29 is 23.9 Å². The van der Waals surface area contributed by atoms with E-state index in [1.165, 1.54) is 25.2 Å². The van der Waals surface area contributed by atoms with Crippen LogP contribution in [0.4, 0.5) is 0 Å². The summed E-state index contributed by atoms with van der Waals surface area (Å²) in [4.78, 5) is 40.4. The van der Waals surface area contributed by atoms with E-state index in [2.05, 4.69) is 16.3 Å². The summed E-state index contributed by atoms with van der Waals surface area (Å²) in [5, 5.41) is 0. The number of hydrogen-bond acceptors (Lipinski definition) is 5. The van der Waals surface area contributed by atoms with Crippen LogP contribution in [0.2, 0.25) is 0 Å². The number of aromatic nitrogens is 1. The number of carbonyl (C=O) groups is 3. The molecule has 7 heteroatoms. The van der Waals surface area contributed by atoms with Crippen LogP contribution in [-0.2, 0) is 14.3 Å². The maximum atomic E-state index is 12.6. The SMILES string of the molecule is C=CCN(CC(=O)c1c(C)[nH]c(C(=O)OC)c1C)C(=O)COC. The van der Waals surface area contributed by atoms with Crippen LogP contribution in [0.1, 0.15) is 32.1 Å². The fourth-order valence-electron chi connectivity index (χ4n) is 2.35. The lowest BCUT2D eigenvalue weighted by atomic mass is 10.1. The Morgan fingerprint density at radius 2 is 1.91 bits per heavy atom. The van der Waals surface area contributed by atoms with Gasteiger partial charge in [-0.2, -0.15) is 0 Å². The number of ketones is 1. The van der Waals surface area contributed by atoms with Gasteiger partial charge >= 0.3 is 5.97 Å². The number of hydrogen-bond donors (Lipinski definition) is 1. The summed E-state index contributed by atoms with van der Waals surface area (Å²) < 4.78 is 9.49. The molecule has 1 amide bonds. The van der Waals surface area contributed by atoms with Crippen molar-refractivity contribution in [3.8, 4) is 0 Å². The van der Waals surface area contributed by atoms with Crippen LogP contribution in [0.25, 0.3) is 0 Å². The fraction of sp³-hybridized carbons (Fsp3) is 0.438. The Kier molecular flexibility index (Phi) is 6.71. The molecule has 0 aromatic carbocycles. The van der Waals surface area contributed by atoms with Gasteiger partial charge in [0.2, 0.25) is 5.91 Å². The molecule has 1 aromatic rings. The molecule has 0 aliphatic carbocycles. The number of amides is 1. The molecule has 0 aliphatic heterocycles. The lowest BCUT2D eigenvalue weighted by Crippen LogP contribution is -2.38. The number of ether oxygens (including phenoxy) is 2. The zero-order chi connectivity index (χ0) is 17.6. The first-order chi connectivity index (χ1) is 10.9. The van der Waals surface area contributed by atoms with E-state index in [9.17, 15) is 14.4 Å². The van der Waals surface area contributed by atoms with Crippen molar-refractivity contribution in [1.29, 1.82) is 0 Å². The minimum absolute atomic E-state index is 0.111. The van der Waals surface area contributed by atoms with Gasteiger partial charge in [-0.25, -0.2) is 4.79 Å². The van der Waals surface area contributed by atoms with Gasteiger partial charge in [0.15, 0.2) is 5.78 Å². The van der Waals surface area contributed by atoms with Crippen molar-refractivity contribution in [2.24, 2.45) is 0 Å². The Bertz CT molecular complexity index is 618. The zero-order valence-electron chi connectivity index (χ0n) is 13.9. The van der Waals surface area contributed by atoms with Crippen LogP contribution in [0.15, 0.2) is 12.7 Å². The Hall–Kier alpha value is -2.41. The first-order valence-electron chi connectivity index (χ1n) is 7.05. The molecule has 0 bridgehead atoms. The maximum absolute atomic E-state index is 12.6. The molecule has 0 radical (unpaired) electrons. The largest absolute Gasteiger partial charge is 0.464 e. The molecule has 1 heterocycles. The molecule has 0 aliphatic rings. The summed E-state index contributed by atoms with van der Waals surface area (Å²) in [5.74, 6) is -1.11. The van der Waals surface area contributed by atoms with Gasteiger partial charge in [0.1, 0.15) is 12.3 Å². The third kappa shape index (κ3) is 4.29. The highest BCUT2D eigenvalue weighted by Gasteiger charge is 2.24. The second kappa shape index (κ2) is 8.28. The van der Waals surface area contributed by atoms with Crippen LogP contribution < -0.4 is 0 Å². The number of rotatable bonds is 8. The molecule has 126 valence electrons. The molecule has 7 nitrogen and oxygen atoms in total. The summed E-state index contributed by atoms with van der Waals surface area (Å²) in [6.45, 7) is 6.95. The van der Waals surface area contributed by atoms with E-state index in [1.807, 2.05) is 0 Å². The second-order valence-electron chi connectivity index (χ2n) is 5.04. The number of nitrogens with zero attached hydrogens (tertiary/aromatic N) is 1. The number of carbonyl (C=O) groups excluding carboxylic acids is 3. The average Bonchev–Trinajstić information content (AvgIpc) is 2.81. The molecule has 0 saturated heterocycles. The van der Waals surface area contributed by atoms with Crippen molar-refractivity contribution in [2.45, 2.75) is 13.8 Å². The highest BCUT2D eigenvalue weighted by Crippen LogP contribution is 2.19. The minimum atomic E-state index is -0.539. The Labute approximate surface area is 135 Å². The predicted molar refractivity (Wildman–Crippen MR) is 84.6 cm³/mol. The molecule has 0 fully saturated rings. The van der Waals surface area contributed by atoms with E-state index in [0.717, 1.165) is 0 Å². The van der Waals surface area contributed by atoms with Crippen LogP contribution >= 0.6 is 0 Å². The number of aryl methyl sites for hydroxylation is 1. The summed E-state index contributed by atoms with van der Waals surface area (Å²) >= 11 is 0. The Balaban J connectivity index is 3.04. The van der Waals surface area contributed by atoms with Gasteiger partial charge in [0.05, 0.1) is 13.7 Å². The van der Waals surface area contributed by atoms with Gasteiger partial charge in [0.25, 0.3) is 0 Å². The highest BCUT2D eigenvalue weighted by molar-refractivity contribution is 6.04. The van der Waals surface area contributed by atoms with E-state index < -0.39 is 5.97 Å². The highest BCUT2D eigenvalue weighted by atomic mass is 16.5. The third-order valence-electron chi connectivity index (χ3n) is 3.41. The van der Waals surface area contributed by atoms with Crippen molar-refractivity contribution >= 4 is 17.7 Å². The molecule has 23 heavy (non-hydrogen) atoms. The first kappa shape index (κ1) is 18.6. The lowest BCUT2D eigenvalue weighted by molar-refractivity contribution is -0.134. The van der Waals surface area contributed by atoms with E-state index in [0.29, 0.717) is 16.8 Å². The molecule has 0 saturated carbocycles. The second-order valence-corrected chi connectivity index (χ2v) is 5.04. The molecule has 0 atom stereocenters. The number of esters is 1. The number of Topliss-reactive ketones (excluding diaryl/α,β-unsaturated/α-hetero) is 1. The van der Waals surface area contributed by atoms with E-state index in [-0.39, 0.29) is 37.1 Å². The smallest absolute Gasteiger partial charge is 0.354 e. The number of nitrogens with one attached hydrogen (secondary N) is 1. The standard InChI is InChI=1S/C16H22N2O5/c1-6-7-18(13(20)9-22-4)8-12(19)14-10(2)15(16(21)23-5)17-11(14)3/h6,17H,1,7-9H2,2-5H3. The van der Waals surface area contributed by atoms with E-state index >= 15 is 0 Å². The van der Waals surface area contributed by atoms with Crippen molar-refractivity contribution in [3.63, 3.8) is 0 Å². The van der Waals surface area contributed by atoms with Gasteiger partial charge in [-0.3, -0.25) is 9.59 Å². The predicted octanol–water partition coefficient (Wildman–Crippen LogP) is 1.26. The zero-order valence-corrected chi connectivity index (χ0v) is 13.9. The van der Waals surface area contributed by atoms with Gasteiger partial charge in [-0.05, 0) is 19.4 Å². The normalized spacial score (nSPS) is 10.3. The van der Waals surface area contributed by atoms with Crippen LogP contribution in [0.5, 0.6) is 0 Å². The molecule has 0 spiro atoms. The average molecular weight is 322 g/mol. The summed E-state index contributed by atoms with van der Waals surface area (Å²) in [7, 11) is 2.68. The number of aromatic amines is 1. The van der Waals surface area contributed by atoms with Crippen molar-refractivity contribution in [1.82, 2.24) is 9.88 Å².